The standard InChI is InChI=1S/C17H20N2O2/c20-17(16-9-4-12-21-16)19-11-10-18-15-8-3-6-13-5-1-2-7-14(13)15/h1-3,5-8,16,18H,4,9-12H2,(H,19,20). The molecule has 3 rings (SSSR count). The van der Waals surface area contributed by atoms with Crippen LogP contribution in [0, 0.1) is 0 Å². The SMILES string of the molecule is O=C(NCCNc1cccc2ccccc12)C1CCCO1. The van der Waals surface area contributed by atoms with Crippen LogP contribution < -0.4 is 10.6 Å². The van der Waals surface area contributed by atoms with Gasteiger partial charge in [0.05, 0.1) is 0 Å². The van der Waals surface area contributed by atoms with E-state index in [0.29, 0.717) is 19.7 Å². The lowest BCUT2D eigenvalue weighted by Crippen LogP contribution is -2.36. The molecule has 2 aromatic carbocycles. The summed E-state index contributed by atoms with van der Waals surface area (Å²) in [5.74, 6) is 0.00668. The molecule has 1 unspecified atom stereocenters. The Kier molecular flexibility index (Phi) is 4.36. The van der Waals surface area contributed by atoms with Crippen LogP contribution in [0.2, 0.25) is 0 Å². The van der Waals surface area contributed by atoms with E-state index in [-0.39, 0.29) is 12.0 Å². The number of benzene rings is 2. The lowest BCUT2D eigenvalue weighted by Gasteiger charge is -2.12. The number of anilines is 1. The molecule has 1 amide bonds. The van der Waals surface area contributed by atoms with Crippen molar-refractivity contribution in [3.8, 4) is 0 Å². The van der Waals surface area contributed by atoms with Gasteiger partial charge in [0.2, 0.25) is 5.91 Å². The average molecular weight is 284 g/mol. The maximum absolute atomic E-state index is 11.8. The van der Waals surface area contributed by atoms with Crippen LogP contribution in [0.25, 0.3) is 10.8 Å². The van der Waals surface area contributed by atoms with Gasteiger partial charge in [-0.3, -0.25) is 4.79 Å². The molecule has 2 aromatic rings. The number of fused-ring (bicyclic) bond motifs is 1. The summed E-state index contributed by atoms with van der Waals surface area (Å²) in [5.41, 5.74) is 1.10. The highest BCUT2D eigenvalue weighted by atomic mass is 16.5. The third kappa shape index (κ3) is 3.34. The number of ether oxygens (including phenoxy) is 1. The highest BCUT2D eigenvalue weighted by Gasteiger charge is 2.22. The van der Waals surface area contributed by atoms with Gasteiger partial charge in [-0.15, -0.1) is 0 Å². The zero-order chi connectivity index (χ0) is 14.5. The Balaban J connectivity index is 1.51. The monoisotopic (exact) mass is 284 g/mol. The van der Waals surface area contributed by atoms with E-state index in [4.69, 9.17) is 4.74 Å². The van der Waals surface area contributed by atoms with Gasteiger partial charge in [-0.05, 0) is 24.3 Å². The van der Waals surface area contributed by atoms with Gasteiger partial charge in [-0.2, -0.15) is 0 Å². The van der Waals surface area contributed by atoms with Crippen LogP contribution in [0.1, 0.15) is 12.8 Å². The molecular formula is C17H20N2O2. The fraction of sp³-hybridized carbons (Fsp3) is 0.353. The van der Waals surface area contributed by atoms with E-state index in [9.17, 15) is 4.79 Å². The molecule has 4 nitrogen and oxygen atoms in total. The summed E-state index contributed by atoms with van der Waals surface area (Å²) in [5, 5.41) is 8.71. The van der Waals surface area contributed by atoms with Crippen molar-refractivity contribution in [1.29, 1.82) is 0 Å². The Hall–Kier alpha value is -2.07. The first-order chi connectivity index (χ1) is 10.3. The minimum Gasteiger partial charge on any atom is -0.383 e. The first kappa shape index (κ1) is 13.9. The molecule has 1 heterocycles. The summed E-state index contributed by atoms with van der Waals surface area (Å²) >= 11 is 0. The molecule has 4 heteroatoms. The molecule has 110 valence electrons. The van der Waals surface area contributed by atoms with E-state index in [1.54, 1.807) is 0 Å². The Morgan fingerprint density at radius 2 is 2.00 bits per heavy atom. The molecular weight excluding hydrogens is 264 g/mol. The predicted molar refractivity (Wildman–Crippen MR) is 84.4 cm³/mol. The van der Waals surface area contributed by atoms with Crippen molar-refractivity contribution in [3.63, 3.8) is 0 Å². The highest BCUT2D eigenvalue weighted by Crippen LogP contribution is 2.22. The van der Waals surface area contributed by atoms with Gasteiger partial charge in [0.25, 0.3) is 0 Å². The van der Waals surface area contributed by atoms with Crippen molar-refractivity contribution in [2.75, 3.05) is 25.0 Å². The normalized spacial score (nSPS) is 17.8. The molecule has 1 fully saturated rings. The highest BCUT2D eigenvalue weighted by molar-refractivity contribution is 5.93. The van der Waals surface area contributed by atoms with Gasteiger partial charge in [0, 0.05) is 30.8 Å². The molecule has 0 spiro atoms. The summed E-state index contributed by atoms with van der Waals surface area (Å²) in [6, 6.07) is 14.5. The molecule has 1 aliphatic rings. The largest absolute Gasteiger partial charge is 0.383 e. The third-order valence-corrected chi connectivity index (χ3v) is 3.75. The van der Waals surface area contributed by atoms with E-state index in [0.717, 1.165) is 18.5 Å². The molecule has 21 heavy (non-hydrogen) atoms. The summed E-state index contributed by atoms with van der Waals surface area (Å²) in [6.07, 6.45) is 1.57. The first-order valence-electron chi connectivity index (χ1n) is 7.45. The van der Waals surface area contributed by atoms with Gasteiger partial charge >= 0.3 is 0 Å². The Labute approximate surface area is 124 Å². The molecule has 0 saturated carbocycles. The lowest BCUT2D eigenvalue weighted by molar-refractivity contribution is -0.129. The summed E-state index contributed by atoms with van der Waals surface area (Å²) in [4.78, 5) is 11.8. The van der Waals surface area contributed by atoms with Crippen LogP contribution in [0.5, 0.6) is 0 Å². The van der Waals surface area contributed by atoms with Crippen LogP contribution in [-0.2, 0) is 9.53 Å². The molecule has 1 atom stereocenters. The van der Waals surface area contributed by atoms with E-state index in [1.807, 2.05) is 18.2 Å². The fourth-order valence-electron chi connectivity index (χ4n) is 2.66. The van der Waals surface area contributed by atoms with Crippen LogP contribution in [0.15, 0.2) is 42.5 Å². The molecule has 1 saturated heterocycles. The van der Waals surface area contributed by atoms with E-state index in [2.05, 4.69) is 34.9 Å². The smallest absolute Gasteiger partial charge is 0.249 e. The molecule has 0 radical (unpaired) electrons. The second-order valence-electron chi connectivity index (χ2n) is 5.25. The van der Waals surface area contributed by atoms with Gasteiger partial charge in [0.15, 0.2) is 0 Å². The maximum Gasteiger partial charge on any atom is 0.249 e. The minimum absolute atomic E-state index is 0.00668. The van der Waals surface area contributed by atoms with Crippen molar-refractivity contribution < 1.29 is 9.53 Å². The third-order valence-electron chi connectivity index (χ3n) is 3.75. The maximum atomic E-state index is 11.8. The Morgan fingerprint density at radius 3 is 2.86 bits per heavy atom. The number of amides is 1. The molecule has 0 aliphatic carbocycles. The lowest BCUT2D eigenvalue weighted by atomic mass is 10.1. The summed E-state index contributed by atoms with van der Waals surface area (Å²) in [7, 11) is 0. The average Bonchev–Trinajstić information content (AvgIpc) is 3.06. The van der Waals surface area contributed by atoms with Crippen molar-refractivity contribution in [1.82, 2.24) is 5.32 Å². The van der Waals surface area contributed by atoms with Crippen molar-refractivity contribution >= 4 is 22.4 Å². The van der Waals surface area contributed by atoms with Gasteiger partial charge in [0.1, 0.15) is 6.10 Å². The summed E-state index contributed by atoms with van der Waals surface area (Å²) in [6.45, 7) is 2.00. The second-order valence-corrected chi connectivity index (χ2v) is 5.25. The van der Waals surface area contributed by atoms with Crippen LogP contribution in [-0.4, -0.2) is 31.7 Å². The first-order valence-corrected chi connectivity index (χ1v) is 7.45. The van der Waals surface area contributed by atoms with E-state index in [1.165, 1.54) is 10.8 Å². The van der Waals surface area contributed by atoms with Crippen LogP contribution in [0.3, 0.4) is 0 Å². The van der Waals surface area contributed by atoms with Crippen molar-refractivity contribution in [2.45, 2.75) is 18.9 Å². The van der Waals surface area contributed by atoms with Crippen LogP contribution >= 0.6 is 0 Å². The van der Waals surface area contributed by atoms with E-state index >= 15 is 0 Å². The number of hydrogen-bond donors (Lipinski definition) is 2. The summed E-state index contributed by atoms with van der Waals surface area (Å²) < 4.78 is 5.36. The molecule has 1 aliphatic heterocycles. The molecule has 0 bridgehead atoms. The minimum atomic E-state index is -0.248. The van der Waals surface area contributed by atoms with Crippen molar-refractivity contribution in [2.24, 2.45) is 0 Å². The van der Waals surface area contributed by atoms with Gasteiger partial charge < -0.3 is 15.4 Å². The fourth-order valence-corrected chi connectivity index (χ4v) is 2.66. The quantitative estimate of drug-likeness (QED) is 0.830. The Bertz CT molecular complexity index is 616. The van der Waals surface area contributed by atoms with Gasteiger partial charge in [-0.25, -0.2) is 0 Å². The van der Waals surface area contributed by atoms with Gasteiger partial charge in [-0.1, -0.05) is 36.4 Å². The number of nitrogens with one attached hydrogen (secondary N) is 2. The number of carbonyl (C=O) groups is 1. The predicted octanol–water partition coefficient (Wildman–Crippen LogP) is 2.55. The second kappa shape index (κ2) is 6.59. The topological polar surface area (TPSA) is 50.4 Å². The zero-order valence-electron chi connectivity index (χ0n) is 12.0. The molecule has 2 N–H and O–H groups in total. The number of carbonyl (C=O) groups excluding carboxylic acids is 1. The zero-order valence-corrected chi connectivity index (χ0v) is 12.0. The number of hydrogen-bond acceptors (Lipinski definition) is 3. The van der Waals surface area contributed by atoms with Crippen LogP contribution in [0.4, 0.5) is 5.69 Å². The van der Waals surface area contributed by atoms with E-state index < -0.39 is 0 Å². The molecule has 0 aromatic heterocycles. The Morgan fingerprint density at radius 1 is 1.14 bits per heavy atom. The van der Waals surface area contributed by atoms with Crippen molar-refractivity contribution in [3.05, 3.63) is 42.5 Å². The number of rotatable bonds is 5.